The molecule has 2 rings (SSSR count). The van der Waals surface area contributed by atoms with Crippen molar-refractivity contribution in [2.75, 3.05) is 11.9 Å². The van der Waals surface area contributed by atoms with Crippen LogP contribution in [0.3, 0.4) is 0 Å². The number of hydrogen-bond donors (Lipinski definition) is 4. The minimum Gasteiger partial charge on any atom is -0.477 e. The van der Waals surface area contributed by atoms with E-state index >= 15 is 0 Å². The minimum atomic E-state index is -1.42. The molecule has 0 aliphatic heterocycles. The zero-order valence-corrected chi connectivity index (χ0v) is 15.2. The molecule has 4 N–H and O–H groups in total. The predicted molar refractivity (Wildman–Crippen MR) is 93.2 cm³/mol. The number of aryl methyl sites for hydroxylation is 1. The Bertz CT molecular complexity index is 857. The molecule has 1 heterocycles. The van der Waals surface area contributed by atoms with Crippen molar-refractivity contribution in [2.45, 2.75) is 26.6 Å². The number of carboxylic acid groups (broad SMARTS) is 1. The van der Waals surface area contributed by atoms with Crippen molar-refractivity contribution < 1.29 is 33.3 Å². The number of carbonyl (C=O) groups is 2. The average molecular weight is 401 g/mol. The summed E-state index contributed by atoms with van der Waals surface area (Å²) >= 11 is 0.654. The zero-order chi connectivity index (χ0) is 20.1. The lowest BCUT2D eigenvalue weighted by Gasteiger charge is -2.09. The number of carbonyl (C=O) groups excluding carboxylic acids is 1. The summed E-state index contributed by atoms with van der Waals surface area (Å²) in [7, 11) is 0. The van der Waals surface area contributed by atoms with Gasteiger partial charge in [-0.2, -0.15) is 4.37 Å². The van der Waals surface area contributed by atoms with Crippen LogP contribution in [0.15, 0.2) is 12.1 Å². The fraction of sp³-hybridized carbons (Fsp3) is 0.312. The van der Waals surface area contributed by atoms with E-state index in [0.717, 1.165) is 0 Å². The first-order valence-electron chi connectivity index (χ1n) is 7.72. The molecule has 0 aliphatic rings. The number of aromatic carboxylic acids is 1. The molecule has 1 atom stereocenters. The number of nitrogens with one attached hydrogen (secondary N) is 2. The van der Waals surface area contributed by atoms with E-state index in [0.29, 0.717) is 11.5 Å². The van der Waals surface area contributed by atoms with Crippen LogP contribution < -0.4 is 15.4 Å². The van der Waals surface area contributed by atoms with Gasteiger partial charge in [-0.3, -0.25) is 5.32 Å². The van der Waals surface area contributed by atoms with E-state index in [1.54, 1.807) is 0 Å². The third-order valence-corrected chi connectivity index (χ3v) is 4.13. The van der Waals surface area contributed by atoms with E-state index < -0.39 is 41.9 Å². The lowest BCUT2D eigenvalue weighted by Crippen LogP contribution is -2.34. The summed E-state index contributed by atoms with van der Waals surface area (Å²) in [4.78, 5) is 23.2. The van der Waals surface area contributed by atoms with Crippen LogP contribution in [0.2, 0.25) is 0 Å². The SMILES string of the molecule is Cc1ccc(COc2nsc(NC(=O)NCC(C)O)c2C(=O)O)c(F)c1F. The number of nitrogens with zero attached hydrogens (tertiary/aromatic N) is 1. The molecule has 27 heavy (non-hydrogen) atoms. The van der Waals surface area contributed by atoms with E-state index in [2.05, 4.69) is 15.0 Å². The van der Waals surface area contributed by atoms with Crippen LogP contribution in [0.4, 0.5) is 18.6 Å². The first-order valence-corrected chi connectivity index (χ1v) is 8.50. The highest BCUT2D eigenvalue weighted by Gasteiger charge is 2.24. The molecule has 146 valence electrons. The standard InChI is InChI=1S/C16H17F2N3O5S/c1-7-3-4-9(12(18)11(7)17)6-26-13-10(15(23)24)14(27-21-13)20-16(25)19-5-8(2)22/h3-4,8,22H,5-6H2,1-2H3,(H,23,24)(H2,19,20,25). The van der Waals surface area contributed by atoms with E-state index in [4.69, 9.17) is 9.84 Å². The van der Waals surface area contributed by atoms with Gasteiger partial charge in [0.1, 0.15) is 11.6 Å². The number of aromatic nitrogens is 1. The maximum Gasteiger partial charge on any atom is 0.344 e. The summed E-state index contributed by atoms with van der Waals surface area (Å²) in [6, 6.07) is 1.96. The molecule has 0 saturated carbocycles. The van der Waals surface area contributed by atoms with E-state index in [-0.39, 0.29) is 28.6 Å². The van der Waals surface area contributed by atoms with Crippen LogP contribution in [0.5, 0.6) is 5.88 Å². The first-order chi connectivity index (χ1) is 12.7. The second-order valence-corrected chi connectivity index (χ2v) is 6.41. The van der Waals surface area contributed by atoms with Gasteiger partial charge >= 0.3 is 12.0 Å². The fourth-order valence-corrected chi connectivity index (χ4v) is 2.70. The van der Waals surface area contributed by atoms with Crippen molar-refractivity contribution in [3.05, 3.63) is 40.5 Å². The predicted octanol–water partition coefficient (Wildman–Crippen LogP) is 2.51. The molecule has 0 spiro atoms. The van der Waals surface area contributed by atoms with Gasteiger partial charge in [0.15, 0.2) is 17.2 Å². The van der Waals surface area contributed by atoms with Gasteiger partial charge in [-0.25, -0.2) is 18.4 Å². The van der Waals surface area contributed by atoms with Crippen LogP contribution in [0.25, 0.3) is 0 Å². The fourth-order valence-electron chi connectivity index (χ4n) is 1.98. The van der Waals surface area contributed by atoms with Crippen LogP contribution in [0, 0.1) is 18.6 Å². The Balaban J connectivity index is 2.14. The maximum absolute atomic E-state index is 13.9. The molecule has 2 aromatic rings. The normalized spacial score (nSPS) is 11.7. The minimum absolute atomic E-state index is 0.0331. The number of ether oxygens (including phenoxy) is 1. The highest BCUT2D eigenvalue weighted by molar-refractivity contribution is 7.11. The Morgan fingerprint density at radius 3 is 2.67 bits per heavy atom. The Kier molecular flexibility index (Phi) is 6.64. The van der Waals surface area contributed by atoms with E-state index in [1.165, 1.54) is 26.0 Å². The molecular weight excluding hydrogens is 384 g/mol. The second-order valence-electron chi connectivity index (χ2n) is 5.64. The molecule has 0 fully saturated rings. The molecule has 11 heteroatoms. The number of hydrogen-bond acceptors (Lipinski definition) is 6. The number of aliphatic hydroxyl groups is 1. The molecule has 0 bridgehead atoms. The largest absolute Gasteiger partial charge is 0.477 e. The number of benzene rings is 1. The average Bonchev–Trinajstić information content (AvgIpc) is 3.00. The summed E-state index contributed by atoms with van der Waals surface area (Å²) in [6.07, 6.45) is -0.778. The van der Waals surface area contributed by atoms with Gasteiger partial charge in [0.05, 0.1) is 6.10 Å². The highest BCUT2D eigenvalue weighted by Crippen LogP contribution is 2.31. The Hall–Kier alpha value is -2.79. The van der Waals surface area contributed by atoms with Gasteiger partial charge < -0.3 is 20.3 Å². The third kappa shape index (κ3) is 5.11. The van der Waals surface area contributed by atoms with Crippen molar-refractivity contribution in [3.63, 3.8) is 0 Å². The smallest absolute Gasteiger partial charge is 0.344 e. The Morgan fingerprint density at radius 1 is 1.33 bits per heavy atom. The van der Waals surface area contributed by atoms with Crippen molar-refractivity contribution in [3.8, 4) is 5.88 Å². The topological polar surface area (TPSA) is 121 Å². The van der Waals surface area contributed by atoms with Gasteiger partial charge in [0, 0.05) is 12.1 Å². The third-order valence-electron chi connectivity index (χ3n) is 3.38. The van der Waals surface area contributed by atoms with Crippen LogP contribution in [-0.2, 0) is 6.61 Å². The van der Waals surface area contributed by atoms with Crippen molar-refractivity contribution in [1.82, 2.24) is 9.69 Å². The number of aliphatic hydroxyl groups excluding tert-OH is 1. The lowest BCUT2D eigenvalue weighted by atomic mass is 10.1. The molecule has 1 aromatic heterocycles. The summed E-state index contributed by atoms with van der Waals surface area (Å²) in [6.45, 7) is 2.40. The van der Waals surface area contributed by atoms with Gasteiger partial charge in [0.25, 0.3) is 0 Å². The van der Waals surface area contributed by atoms with Crippen molar-refractivity contribution >= 4 is 28.5 Å². The Labute approximate surface area is 157 Å². The van der Waals surface area contributed by atoms with Crippen LogP contribution in [0.1, 0.15) is 28.4 Å². The molecule has 8 nitrogen and oxygen atoms in total. The van der Waals surface area contributed by atoms with Crippen molar-refractivity contribution in [1.29, 1.82) is 0 Å². The van der Waals surface area contributed by atoms with Gasteiger partial charge in [-0.1, -0.05) is 12.1 Å². The molecule has 2 amide bonds. The molecular formula is C16H17F2N3O5S. The summed E-state index contributed by atoms with van der Waals surface area (Å²) in [5.41, 5.74) is -0.391. The number of halogens is 2. The Morgan fingerprint density at radius 2 is 2.04 bits per heavy atom. The van der Waals surface area contributed by atoms with E-state index in [9.17, 15) is 23.5 Å². The van der Waals surface area contributed by atoms with Gasteiger partial charge in [-0.05, 0) is 30.9 Å². The number of anilines is 1. The zero-order valence-electron chi connectivity index (χ0n) is 14.4. The van der Waals surface area contributed by atoms with Gasteiger partial charge in [-0.15, -0.1) is 0 Å². The van der Waals surface area contributed by atoms with E-state index in [1.807, 2.05) is 0 Å². The number of rotatable bonds is 7. The van der Waals surface area contributed by atoms with Crippen molar-refractivity contribution in [2.24, 2.45) is 0 Å². The summed E-state index contributed by atoms with van der Waals surface area (Å²) in [5.74, 6) is -3.85. The molecule has 0 aliphatic carbocycles. The molecule has 1 aromatic carbocycles. The summed E-state index contributed by atoms with van der Waals surface area (Å²) in [5, 5.41) is 23.0. The molecule has 0 saturated heterocycles. The second kappa shape index (κ2) is 8.73. The highest BCUT2D eigenvalue weighted by atomic mass is 32.1. The van der Waals surface area contributed by atoms with Crippen LogP contribution in [-0.4, -0.2) is 39.2 Å². The number of carboxylic acids is 1. The lowest BCUT2D eigenvalue weighted by molar-refractivity contribution is 0.0693. The van der Waals surface area contributed by atoms with Gasteiger partial charge in [0.2, 0.25) is 5.88 Å². The number of urea groups is 1. The monoisotopic (exact) mass is 401 g/mol. The summed E-state index contributed by atoms with van der Waals surface area (Å²) < 4.78 is 36.5. The first kappa shape index (κ1) is 20.5. The van der Waals surface area contributed by atoms with Crippen LogP contribution >= 0.6 is 11.5 Å². The maximum atomic E-state index is 13.9. The number of amides is 2. The molecule has 1 unspecified atom stereocenters. The molecule has 0 radical (unpaired) electrons. The quantitative estimate of drug-likeness (QED) is 0.566.